The van der Waals surface area contributed by atoms with Gasteiger partial charge in [-0.1, -0.05) is 15.9 Å². The van der Waals surface area contributed by atoms with Crippen LogP contribution in [-0.2, 0) is 6.18 Å². The van der Waals surface area contributed by atoms with Gasteiger partial charge in [0.25, 0.3) is 0 Å². The summed E-state index contributed by atoms with van der Waals surface area (Å²) in [5, 5.41) is 8.69. The lowest BCUT2D eigenvalue weighted by molar-refractivity contribution is -0.140. The Morgan fingerprint density at radius 2 is 1.77 bits per heavy atom. The zero-order chi connectivity index (χ0) is 10.2. The Morgan fingerprint density at radius 1 is 1.23 bits per heavy atom. The maximum Gasteiger partial charge on any atom is 0.420 e. The molecule has 0 saturated heterocycles. The molecule has 1 rings (SSSR count). The molecule has 0 aromatic heterocycles. The average molecular weight is 259 g/mol. The fourth-order valence-electron chi connectivity index (χ4n) is 0.801. The fourth-order valence-corrected chi connectivity index (χ4v) is 1.33. The van der Waals surface area contributed by atoms with Gasteiger partial charge < -0.3 is 5.11 Å². The lowest BCUT2D eigenvalue weighted by Crippen LogP contribution is -2.09. The van der Waals surface area contributed by atoms with Crippen molar-refractivity contribution in [1.29, 1.82) is 0 Å². The van der Waals surface area contributed by atoms with Crippen LogP contribution in [-0.4, -0.2) is 5.11 Å². The summed E-state index contributed by atoms with van der Waals surface area (Å²) in [6, 6.07) is 1.77. The minimum atomic E-state index is -4.82. The lowest BCUT2D eigenvalue weighted by atomic mass is 10.2. The second kappa shape index (κ2) is 3.17. The summed E-state index contributed by atoms with van der Waals surface area (Å²) < 4.78 is 48.6. The van der Waals surface area contributed by atoms with Gasteiger partial charge in [0, 0.05) is 4.47 Å². The summed E-state index contributed by atoms with van der Waals surface area (Å²) in [4.78, 5) is 0. The maximum atomic E-state index is 12.8. The van der Waals surface area contributed by atoms with Crippen LogP contribution in [0.4, 0.5) is 17.6 Å². The topological polar surface area (TPSA) is 20.2 Å². The van der Waals surface area contributed by atoms with E-state index in [9.17, 15) is 17.6 Å². The third-order valence-electron chi connectivity index (χ3n) is 1.35. The molecular formula is C7H3BrF4O. The van der Waals surface area contributed by atoms with Crippen LogP contribution in [0.5, 0.6) is 5.75 Å². The molecule has 0 saturated carbocycles. The van der Waals surface area contributed by atoms with E-state index in [0.717, 1.165) is 12.1 Å². The number of phenols is 1. The van der Waals surface area contributed by atoms with Crippen molar-refractivity contribution in [3.63, 3.8) is 0 Å². The molecular weight excluding hydrogens is 256 g/mol. The Hall–Kier alpha value is -0.780. The van der Waals surface area contributed by atoms with Crippen molar-refractivity contribution in [1.82, 2.24) is 0 Å². The number of alkyl halides is 3. The van der Waals surface area contributed by atoms with E-state index in [2.05, 4.69) is 15.9 Å². The largest absolute Gasteiger partial charge is 0.505 e. The quantitative estimate of drug-likeness (QED) is 0.708. The predicted molar refractivity (Wildman–Crippen MR) is 40.8 cm³/mol. The van der Waals surface area contributed by atoms with Crippen molar-refractivity contribution >= 4 is 15.9 Å². The summed E-state index contributed by atoms with van der Waals surface area (Å²) in [6.45, 7) is 0. The van der Waals surface area contributed by atoms with Crippen LogP contribution >= 0.6 is 15.9 Å². The number of halogens is 5. The monoisotopic (exact) mass is 258 g/mol. The molecule has 0 aliphatic rings. The van der Waals surface area contributed by atoms with Gasteiger partial charge in [-0.25, -0.2) is 4.39 Å². The summed E-state index contributed by atoms with van der Waals surface area (Å²) >= 11 is 2.55. The minimum absolute atomic E-state index is 0.435. The van der Waals surface area contributed by atoms with Gasteiger partial charge in [-0.05, 0) is 12.1 Å². The van der Waals surface area contributed by atoms with Gasteiger partial charge in [0.1, 0.15) is 5.56 Å². The number of aromatic hydroxyl groups is 1. The van der Waals surface area contributed by atoms with Gasteiger partial charge >= 0.3 is 6.18 Å². The second-order valence-electron chi connectivity index (χ2n) is 2.25. The maximum absolute atomic E-state index is 12.8. The van der Waals surface area contributed by atoms with E-state index in [-0.39, 0.29) is 0 Å². The Morgan fingerprint density at radius 3 is 2.15 bits per heavy atom. The molecule has 0 unspecified atom stereocenters. The molecule has 0 spiro atoms. The van der Waals surface area contributed by atoms with E-state index in [1.165, 1.54) is 0 Å². The third-order valence-corrected chi connectivity index (χ3v) is 2.02. The summed E-state index contributed by atoms with van der Waals surface area (Å²) in [6.07, 6.45) is -4.82. The molecule has 0 amide bonds. The van der Waals surface area contributed by atoms with E-state index < -0.39 is 27.8 Å². The molecule has 1 N–H and O–H groups in total. The number of benzene rings is 1. The van der Waals surface area contributed by atoms with Crippen LogP contribution in [0.2, 0.25) is 0 Å². The SMILES string of the molecule is Oc1ccc(Br)c(C(F)(F)F)c1F. The van der Waals surface area contributed by atoms with Crippen molar-refractivity contribution in [3.05, 3.63) is 28.0 Å². The molecule has 72 valence electrons. The summed E-state index contributed by atoms with van der Waals surface area (Å²) in [5.74, 6) is -2.68. The first-order valence-corrected chi connectivity index (χ1v) is 3.87. The third kappa shape index (κ3) is 1.93. The zero-order valence-corrected chi connectivity index (χ0v) is 7.58. The lowest BCUT2D eigenvalue weighted by Gasteiger charge is -2.10. The minimum Gasteiger partial charge on any atom is -0.505 e. The van der Waals surface area contributed by atoms with Crippen molar-refractivity contribution in [2.45, 2.75) is 6.18 Å². The second-order valence-corrected chi connectivity index (χ2v) is 3.11. The van der Waals surface area contributed by atoms with E-state index >= 15 is 0 Å². The smallest absolute Gasteiger partial charge is 0.420 e. The van der Waals surface area contributed by atoms with Crippen LogP contribution in [0.25, 0.3) is 0 Å². The van der Waals surface area contributed by atoms with Crippen LogP contribution in [0.3, 0.4) is 0 Å². The van der Waals surface area contributed by atoms with E-state index in [1.54, 1.807) is 0 Å². The molecule has 0 fully saturated rings. The highest BCUT2D eigenvalue weighted by Crippen LogP contribution is 2.39. The van der Waals surface area contributed by atoms with E-state index in [1.807, 2.05) is 0 Å². The molecule has 1 nitrogen and oxygen atoms in total. The van der Waals surface area contributed by atoms with Crippen molar-refractivity contribution in [2.24, 2.45) is 0 Å². The highest BCUT2D eigenvalue weighted by molar-refractivity contribution is 9.10. The average Bonchev–Trinajstić information content (AvgIpc) is 1.95. The van der Waals surface area contributed by atoms with Crippen molar-refractivity contribution in [3.8, 4) is 5.75 Å². The summed E-state index contributed by atoms with van der Waals surface area (Å²) in [7, 11) is 0. The molecule has 0 radical (unpaired) electrons. The van der Waals surface area contributed by atoms with Gasteiger partial charge in [-0.15, -0.1) is 0 Å². The Kier molecular flexibility index (Phi) is 2.51. The first kappa shape index (κ1) is 10.3. The summed E-state index contributed by atoms with van der Waals surface area (Å²) in [5.41, 5.74) is -1.49. The molecule has 0 heterocycles. The normalized spacial score (nSPS) is 11.8. The van der Waals surface area contributed by atoms with Gasteiger partial charge in [0.15, 0.2) is 11.6 Å². The Labute approximate surface area is 79.1 Å². The highest BCUT2D eigenvalue weighted by atomic mass is 79.9. The van der Waals surface area contributed by atoms with Crippen molar-refractivity contribution < 1.29 is 22.7 Å². The molecule has 0 atom stereocenters. The van der Waals surface area contributed by atoms with Crippen molar-refractivity contribution in [2.75, 3.05) is 0 Å². The zero-order valence-electron chi connectivity index (χ0n) is 5.99. The Balaban J connectivity index is 3.43. The van der Waals surface area contributed by atoms with Gasteiger partial charge in [0.2, 0.25) is 0 Å². The molecule has 0 bridgehead atoms. The first-order valence-electron chi connectivity index (χ1n) is 3.08. The van der Waals surface area contributed by atoms with E-state index in [4.69, 9.17) is 5.11 Å². The highest BCUT2D eigenvalue weighted by Gasteiger charge is 2.37. The van der Waals surface area contributed by atoms with Gasteiger partial charge in [0.05, 0.1) is 0 Å². The van der Waals surface area contributed by atoms with E-state index in [0.29, 0.717) is 0 Å². The van der Waals surface area contributed by atoms with Crippen LogP contribution in [0.1, 0.15) is 5.56 Å². The molecule has 1 aromatic carbocycles. The predicted octanol–water partition coefficient (Wildman–Crippen LogP) is 3.31. The molecule has 0 aliphatic carbocycles. The molecule has 1 aromatic rings. The molecule has 6 heteroatoms. The number of hydrogen-bond acceptors (Lipinski definition) is 1. The van der Waals surface area contributed by atoms with Crippen LogP contribution in [0.15, 0.2) is 16.6 Å². The first-order chi connectivity index (χ1) is 5.84. The molecule has 13 heavy (non-hydrogen) atoms. The van der Waals surface area contributed by atoms with Gasteiger partial charge in [-0.2, -0.15) is 13.2 Å². The standard InChI is InChI=1S/C7H3BrF4O/c8-3-1-2-4(13)6(9)5(3)7(10,11)12/h1-2,13H. The Bertz CT molecular complexity index is 334. The number of rotatable bonds is 0. The van der Waals surface area contributed by atoms with Crippen LogP contribution in [0, 0.1) is 5.82 Å². The fraction of sp³-hybridized carbons (Fsp3) is 0.143. The molecule has 0 aliphatic heterocycles. The number of phenolic OH excluding ortho intramolecular Hbond substituents is 1. The van der Waals surface area contributed by atoms with Crippen LogP contribution < -0.4 is 0 Å². The van der Waals surface area contributed by atoms with Gasteiger partial charge in [-0.3, -0.25) is 0 Å². The number of hydrogen-bond donors (Lipinski definition) is 1.